The topological polar surface area (TPSA) is 237 Å². The molecule has 112 heavy (non-hydrogen) atoms. The van der Waals surface area contributed by atoms with Gasteiger partial charge in [-0.2, -0.15) is 0 Å². The van der Waals surface area contributed by atoms with Gasteiger partial charge < -0.3 is 33.8 Å². The van der Waals surface area contributed by atoms with Crippen LogP contribution in [0.5, 0.6) is 0 Å². The van der Waals surface area contributed by atoms with Gasteiger partial charge in [0, 0.05) is 25.7 Å². The molecule has 3 N–H and O–H groups in total. The molecule has 0 fully saturated rings. The van der Waals surface area contributed by atoms with Gasteiger partial charge in [-0.1, -0.05) is 431 Å². The fourth-order valence-electron chi connectivity index (χ4n) is 14.1. The Hall–Kier alpha value is -2.46. The lowest BCUT2D eigenvalue weighted by atomic mass is 9.99. The molecule has 0 saturated carbocycles. The van der Waals surface area contributed by atoms with E-state index in [1.807, 2.05) is 0 Å². The van der Waals surface area contributed by atoms with Gasteiger partial charge in [-0.05, 0) is 57.3 Å². The Morgan fingerprint density at radius 2 is 0.500 bits per heavy atom. The highest BCUT2D eigenvalue weighted by Crippen LogP contribution is 2.45. The molecule has 662 valence electrons. The highest BCUT2D eigenvalue weighted by Gasteiger charge is 2.31. The molecule has 0 aromatic heterocycles. The Morgan fingerprint density at radius 1 is 0.286 bits per heavy atom. The second kappa shape index (κ2) is 85.0. The van der Waals surface area contributed by atoms with Crippen LogP contribution < -0.4 is 0 Å². The largest absolute Gasteiger partial charge is 0.472 e. The quantitative estimate of drug-likeness (QED) is 0.0169. The predicted molar refractivity (Wildman–Crippen MR) is 464 cm³/mol. The average Bonchev–Trinajstić information content (AvgIpc) is 0.905. The maximum atomic E-state index is 13.2. The zero-order valence-corrected chi connectivity index (χ0v) is 75.1. The third-order valence-corrected chi connectivity index (χ3v) is 23.7. The lowest BCUT2D eigenvalue weighted by Gasteiger charge is -2.21. The summed E-state index contributed by atoms with van der Waals surface area (Å²) in [5, 5.41) is 10.7. The SMILES string of the molecule is CCCCCC/C=C\C=C/CCCCCCCC(=O)O[C@H](COC(=O)CCCCCCCCCCCCCCC)COP(=O)(O)OC[C@H](O)COP(=O)(O)OC[C@@H](COC(=O)CCCCCCCCCCCCCCCCCCCCCCCC)OC(=O)CCCCCCCCCCCCCCCCCCCCC(C)CC. The fraction of sp³-hybridized carbons (Fsp3) is 0.914. The summed E-state index contributed by atoms with van der Waals surface area (Å²) in [7, 11) is -9.95. The normalized spacial score (nSPS) is 14.0. The Balaban J connectivity index is 5.26. The number of aliphatic hydroxyl groups excluding tert-OH is 1. The van der Waals surface area contributed by atoms with Crippen molar-refractivity contribution in [3.63, 3.8) is 0 Å². The molecule has 0 spiro atoms. The van der Waals surface area contributed by atoms with Crippen molar-refractivity contribution in [2.45, 2.75) is 502 Å². The Kier molecular flexibility index (Phi) is 83.1. The van der Waals surface area contributed by atoms with E-state index in [2.05, 4.69) is 58.9 Å². The maximum Gasteiger partial charge on any atom is 0.472 e. The van der Waals surface area contributed by atoms with E-state index in [1.54, 1.807) is 0 Å². The molecule has 0 aliphatic rings. The molecule has 0 aliphatic carbocycles. The van der Waals surface area contributed by atoms with E-state index in [0.29, 0.717) is 25.7 Å². The Morgan fingerprint density at radius 3 is 0.759 bits per heavy atom. The third kappa shape index (κ3) is 84.0. The summed E-state index contributed by atoms with van der Waals surface area (Å²) in [6.07, 6.45) is 84.2. The minimum Gasteiger partial charge on any atom is -0.462 e. The number of hydrogen-bond acceptors (Lipinski definition) is 15. The van der Waals surface area contributed by atoms with Crippen molar-refractivity contribution in [1.82, 2.24) is 0 Å². The number of rotatable bonds is 91. The summed E-state index contributed by atoms with van der Waals surface area (Å²) in [6.45, 7) is 7.40. The molecule has 0 bridgehead atoms. The molecule has 0 aromatic carbocycles. The lowest BCUT2D eigenvalue weighted by molar-refractivity contribution is -0.161. The maximum absolute atomic E-state index is 13.2. The van der Waals surface area contributed by atoms with E-state index in [4.69, 9.17) is 37.0 Å². The van der Waals surface area contributed by atoms with Crippen LogP contribution in [0.2, 0.25) is 0 Å². The highest BCUT2D eigenvalue weighted by molar-refractivity contribution is 7.47. The van der Waals surface area contributed by atoms with Gasteiger partial charge in [-0.15, -0.1) is 0 Å². The van der Waals surface area contributed by atoms with Crippen molar-refractivity contribution in [1.29, 1.82) is 0 Å². The van der Waals surface area contributed by atoms with Crippen LogP contribution in [0.1, 0.15) is 484 Å². The third-order valence-electron chi connectivity index (χ3n) is 21.8. The van der Waals surface area contributed by atoms with Crippen LogP contribution in [0.15, 0.2) is 24.3 Å². The molecule has 6 atom stereocenters. The van der Waals surface area contributed by atoms with E-state index in [9.17, 15) is 43.2 Å². The van der Waals surface area contributed by atoms with E-state index < -0.39 is 97.5 Å². The van der Waals surface area contributed by atoms with Crippen LogP contribution in [-0.2, 0) is 65.4 Å². The monoisotopic (exact) mass is 1630 g/mol. The van der Waals surface area contributed by atoms with E-state index in [0.717, 1.165) is 109 Å². The van der Waals surface area contributed by atoms with Gasteiger partial charge in [0.25, 0.3) is 0 Å². The standard InChI is InChI=1S/C93H178O17P2/c1-6-10-13-16-19-22-25-28-30-31-32-33-34-35-39-43-47-52-57-62-67-72-77-91(96)104-83-89(110-93(98)79-74-69-64-59-54-49-44-40-37-36-38-42-46-50-55-60-65-70-75-86(5)9-4)85-108-112(101,102)106-81-87(94)80-105-111(99,100)107-84-88(82-103-90(95)76-71-66-61-56-51-45-27-24-21-18-15-12-8-3)109-92(97)78-73-68-63-58-53-48-41-29-26-23-20-17-14-11-7-2/h23,26,29,41,86-89,94H,6-22,24-25,27-28,30-40,42-85H2,1-5H3,(H,99,100)(H,101,102)/b26-23-,41-29-/t86?,87-,88+,89+/m0/s1. The van der Waals surface area contributed by atoms with Gasteiger partial charge in [0.1, 0.15) is 19.3 Å². The number of unbranched alkanes of at least 4 members (excludes halogenated alkanes) is 59. The first kappa shape index (κ1) is 110. The number of hydrogen-bond donors (Lipinski definition) is 3. The molecule has 17 nitrogen and oxygen atoms in total. The molecule has 0 saturated heterocycles. The van der Waals surface area contributed by atoms with E-state index in [1.165, 1.54) is 295 Å². The predicted octanol–water partition coefficient (Wildman–Crippen LogP) is 28.7. The molecular formula is C93H178O17P2. The molecule has 0 radical (unpaired) electrons. The van der Waals surface area contributed by atoms with Crippen LogP contribution >= 0.6 is 15.6 Å². The smallest absolute Gasteiger partial charge is 0.462 e. The van der Waals surface area contributed by atoms with Crippen LogP contribution in [-0.4, -0.2) is 96.7 Å². The second-order valence-corrected chi connectivity index (χ2v) is 35.9. The summed E-state index contributed by atoms with van der Waals surface area (Å²) in [4.78, 5) is 73.4. The molecule has 0 aromatic rings. The molecule has 0 amide bonds. The van der Waals surface area contributed by atoms with E-state index >= 15 is 0 Å². The van der Waals surface area contributed by atoms with Gasteiger partial charge in [-0.25, -0.2) is 9.13 Å². The van der Waals surface area contributed by atoms with Gasteiger partial charge in [0.05, 0.1) is 26.4 Å². The summed E-state index contributed by atoms with van der Waals surface area (Å²) < 4.78 is 69.1. The number of esters is 4. The van der Waals surface area contributed by atoms with Crippen LogP contribution in [0.4, 0.5) is 0 Å². The second-order valence-electron chi connectivity index (χ2n) is 33.0. The number of carbonyl (C=O) groups excluding carboxylic acids is 4. The van der Waals surface area contributed by atoms with Crippen LogP contribution in [0.3, 0.4) is 0 Å². The molecule has 3 unspecified atom stereocenters. The minimum absolute atomic E-state index is 0.0861. The number of aliphatic hydroxyl groups is 1. The number of phosphoric acid groups is 2. The first-order valence-electron chi connectivity index (χ1n) is 47.5. The van der Waals surface area contributed by atoms with Crippen molar-refractivity contribution in [2.75, 3.05) is 39.6 Å². The molecular weight excluding hydrogens is 1450 g/mol. The fourth-order valence-corrected chi connectivity index (χ4v) is 15.7. The van der Waals surface area contributed by atoms with Crippen LogP contribution in [0.25, 0.3) is 0 Å². The lowest BCUT2D eigenvalue weighted by Crippen LogP contribution is -2.30. The summed E-state index contributed by atoms with van der Waals surface area (Å²) >= 11 is 0. The number of ether oxygens (including phenoxy) is 4. The Labute approximate surface area is 688 Å². The molecule has 0 aliphatic heterocycles. The number of phosphoric ester groups is 2. The first-order chi connectivity index (χ1) is 54.6. The van der Waals surface area contributed by atoms with Crippen molar-refractivity contribution in [3.8, 4) is 0 Å². The average molecular weight is 1630 g/mol. The van der Waals surface area contributed by atoms with Crippen LogP contribution in [0, 0.1) is 5.92 Å². The van der Waals surface area contributed by atoms with Crippen molar-refractivity contribution in [3.05, 3.63) is 24.3 Å². The summed E-state index contributed by atoms with van der Waals surface area (Å²) in [5.74, 6) is -1.25. The molecule has 19 heteroatoms. The van der Waals surface area contributed by atoms with Gasteiger partial charge in [-0.3, -0.25) is 37.3 Å². The zero-order chi connectivity index (χ0) is 81.8. The minimum atomic E-state index is -4.98. The van der Waals surface area contributed by atoms with Crippen molar-refractivity contribution >= 4 is 39.5 Å². The molecule has 0 rings (SSSR count). The summed E-state index contributed by atoms with van der Waals surface area (Å²) in [6, 6.07) is 0. The van der Waals surface area contributed by atoms with Gasteiger partial charge in [0.2, 0.25) is 0 Å². The number of carbonyl (C=O) groups is 4. The van der Waals surface area contributed by atoms with Crippen molar-refractivity contribution < 1.29 is 80.2 Å². The molecule has 0 heterocycles. The van der Waals surface area contributed by atoms with Gasteiger partial charge in [0.15, 0.2) is 12.2 Å². The van der Waals surface area contributed by atoms with Gasteiger partial charge >= 0.3 is 39.5 Å². The number of allylic oxidation sites excluding steroid dienone is 4. The first-order valence-corrected chi connectivity index (χ1v) is 50.5. The summed E-state index contributed by atoms with van der Waals surface area (Å²) in [5.41, 5.74) is 0. The van der Waals surface area contributed by atoms with E-state index in [-0.39, 0.29) is 25.7 Å². The zero-order valence-electron chi connectivity index (χ0n) is 73.3. The highest BCUT2D eigenvalue weighted by atomic mass is 31.2. The Bertz CT molecular complexity index is 2220. The van der Waals surface area contributed by atoms with Crippen molar-refractivity contribution in [2.24, 2.45) is 5.92 Å².